The summed E-state index contributed by atoms with van der Waals surface area (Å²) in [5.41, 5.74) is 0.836. The Balaban J connectivity index is 1.41. The van der Waals surface area contributed by atoms with Crippen LogP contribution in [0.15, 0.2) is 29.9 Å². The fourth-order valence-electron chi connectivity index (χ4n) is 3.54. The molecule has 132 valence electrons. The van der Waals surface area contributed by atoms with Crippen molar-refractivity contribution in [3.8, 4) is 0 Å². The lowest BCUT2D eigenvalue weighted by atomic mass is 9.89. The number of hydrogen-bond donors (Lipinski definition) is 0. The smallest absolute Gasteiger partial charge is 0.264 e. The van der Waals surface area contributed by atoms with Crippen LogP contribution in [0.5, 0.6) is 0 Å². The van der Waals surface area contributed by atoms with Gasteiger partial charge in [0.1, 0.15) is 0 Å². The second kappa shape index (κ2) is 6.72. The molecular weight excluding hydrogens is 336 g/mol. The van der Waals surface area contributed by atoms with E-state index in [1.165, 1.54) is 11.3 Å². The summed E-state index contributed by atoms with van der Waals surface area (Å²) in [5, 5.41) is 1.95. The molecule has 0 bridgehead atoms. The number of anilines is 1. The molecule has 0 aromatic carbocycles. The van der Waals surface area contributed by atoms with E-state index in [-0.39, 0.29) is 11.5 Å². The van der Waals surface area contributed by atoms with Crippen molar-refractivity contribution < 1.29 is 9.53 Å². The number of aryl methyl sites for hydroxylation is 1. The molecule has 6 nitrogen and oxygen atoms in total. The first-order chi connectivity index (χ1) is 12.2. The van der Waals surface area contributed by atoms with Crippen molar-refractivity contribution in [3.05, 3.63) is 40.3 Å². The van der Waals surface area contributed by atoms with Crippen LogP contribution in [0, 0.1) is 6.92 Å². The Kier molecular flexibility index (Phi) is 4.43. The third-order valence-electron chi connectivity index (χ3n) is 4.99. The topological polar surface area (TPSA) is 58.6 Å². The van der Waals surface area contributed by atoms with Gasteiger partial charge in [0, 0.05) is 32.0 Å². The van der Waals surface area contributed by atoms with Gasteiger partial charge in [0.25, 0.3) is 5.91 Å². The van der Waals surface area contributed by atoms with Crippen LogP contribution in [-0.4, -0.2) is 59.2 Å². The second-order valence-corrected chi connectivity index (χ2v) is 7.73. The minimum atomic E-state index is -0.230. The molecule has 0 N–H and O–H groups in total. The van der Waals surface area contributed by atoms with Gasteiger partial charge in [0.15, 0.2) is 0 Å². The number of carbonyl (C=O) groups excluding carboxylic acids is 1. The molecule has 2 aromatic heterocycles. The molecule has 0 unspecified atom stereocenters. The standard InChI is InChI=1S/C18H22N4O2S/c1-14-11-19-17(20-12-14)21-6-4-18(5-7-21)13-22(8-9-24-18)16(23)15-3-2-10-25-15/h2-3,10-12H,4-9,13H2,1H3. The molecule has 0 atom stereocenters. The maximum atomic E-state index is 12.7. The van der Waals surface area contributed by atoms with Crippen molar-refractivity contribution in [1.29, 1.82) is 0 Å². The highest BCUT2D eigenvalue weighted by atomic mass is 32.1. The lowest BCUT2D eigenvalue weighted by Crippen LogP contribution is -2.58. The summed E-state index contributed by atoms with van der Waals surface area (Å²) >= 11 is 1.50. The molecule has 2 aliphatic rings. The molecule has 2 aliphatic heterocycles. The molecule has 2 aromatic rings. The fraction of sp³-hybridized carbons (Fsp3) is 0.500. The maximum absolute atomic E-state index is 12.7. The first-order valence-corrected chi connectivity index (χ1v) is 9.54. The van der Waals surface area contributed by atoms with Gasteiger partial charge in [-0.1, -0.05) is 6.07 Å². The van der Waals surface area contributed by atoms with Crippen LogP contribution >= 0.6 is 11.3 Å². The Morgan fingerprint density at radius 3 is 2.68 bits per heavy atom. The van der Waals surface area contributed by atoms with E-state index in [0.29, 0.717) is 19.7 Å². The van der Waals surface area contributed by atoms with Gasteiger partial charge in [0.05, 0.1) is 23.6 Å². The molecule has 0 aliphatic carbocycles. The zero-order valence-corrected chi connectivity index (χ0v) is 15.2. The second-order valence-electron chi connectivity index (χ2n) is 6.78. The number of hydrogen-bond acceptors (Lipinski definition) is 6. The van der Waals surface area contributed by atoms with Crippen molar-refractivity contribution in [3.63, 3.8) is 0 Å². The number of amides is 1. The Morgan fingerprint density at radius 1 is 1.24 bits per heavy atom. The molecule has 4 heterocycles. The average molecular weight is 358 g/mol. The van der Waals surface area contributed by atoms with E-state index < -0.39 is 0 Å². The van der Waals surface area contributed by atoms with Crippen molar-refractivity contribution in [1.82, 2.24) is 14.9 Å². The van der Waals surface area contributed by atoms with Crippen LogP contribution in [0.3, 0.4) is 0 Å². The first-order valence-electron chi connectivity index (χ1n) is 8.66. The first kappa shape index (κ1) is 16.5. The van der Waals surface area contributed by atoms with Crippen LogP contribution in [0.1, 0.15) is 28.1 Å². The normalized spacial score (nSPS) is 20.0. The molecule has 1 spiro atoms. The van der Waals surface area contributed by atoms with Gasteiger partial charge in [-0.15, -0.1) is 11.3 Å². The number of aromatic nitrogens is 2. The van der Waals surface area contributed by atoms with E-state index in [1.54, 1.807) is 0 Å². The minimum absolute atomic E-state index is 0.127. The Hall–Kier alpha value is -1.99. The average Bonchev–Trinajstić information content (AvgIpc) is 3.17. The minimum Gasteiger partial charge on any atom is -0.371 e. The van der Waals surface area contributed by atoms with Gasteiger partial charge < -0.3 is 14.5 Å². The largest absolute Gasteiger partial charge is 0.371 e. The van der Waals surface area contributed by atoms with Crippen molar-refractivity contribution in [2.24, 2.45) is 0 Å². The number of thiophene rings is 1. The van der Waals surface area contributed by atoms with Gasteiger partial charge in [-0.25, -0.2) is 9.97 Å². The van der Waals surface area contributed by atoms with Crippen molar-refractivity contribution >= 4 is 23.2 Å². The predicted molar refractivity (Wildman–Crippen MR) is 97.1 cm³/mol. The Bertz CT molecular complexity index is 724. The van der Waals surface area contributed by atoms with Crippen LogP contribution in [0.4, 0.5) is 5.95 Å². The molecule has 1 amide bonds. The summed E-state index contributed by atoms with van der Waals surface area (Å²) in [6, 6.07) is 3.82. The number of ether oxygens (including phenoxy) is 1. The van der Waals surface area contributed by atoms with Crippen LogP contribution < -0.4 is 4.90 Å². The summed E-state index contributed by atoms with van der Waals surface area (Å²) in [4.78, 5) is 26.5. The lowest BCUT2D eigenvalue weighted by Gasteiger charge is -2.47. The van der Waals surface area contributed by atoms with E-state index in [9.17, 15) is 4.79 Å². The van der Waals surface area contributed by atoms with Crippen LogP contribution in [-0.2, 0) is 4.74 Å². The number of nitrogens with zero attached hydrogens (tertiary/aromatic N) is 4. The monoisotopic (exact) mass is 358 g/mol. The van der Waals surface area contributed by atoms with E-state index in [1.807, 2.05) is 41.7 Å². The SMILES string of the molecule is Cc1cnc(N2CCC3(CC2)CN(C(=O)c2cccs2)CCO3)nc1. The number of carbonyl (C=O) groups is 1. The lowest BCUT2D eigenvalue weighted by molar-refractivity contribution is -0.111. The highest BCUT2D eigenvalue weighted by molar-refractivity contribution is 7.12. The highest BCUT2D eigenvalue weighted by Crippen LogP contribution is 2.32. The molecule has 4 rings (SSSR count). The third-order valence-corrected chi connectivity index (χ3v) is 5.85. The Labute approximate surface area is 151 Å². The van der Waals surface area contributed by atoms with Gasteiger partial charge >= 0.3 is 0 Å². The van der Waals surface area contributed by atoms with Crippen molar-refractivity contribution in [2.45, 2.75) is 25.4 Å². The third kappa shape index (κ3) is 3.39. The van der Waals surface area contributed by atoms with Crippen molar-refractivity contribution in [2.75, 3.05) is 37.7 Å². The zero-order valence-electron chi connectivity index (χ0n) is 14.4. The molecule has 0 saturated carbocycles. The van der Waals surface area contributed by atoms with Gasteiger partial charge in [0.2, 0.25) is 5.95 Å². The molecule has 2 fully saturated rings. The maximum Gasteiger partial charge on any atom is 0.264 e. The van der Waals surface area contributed by atoms with E-state index in [4.69, 9.17) is 4.74 Å². The van der Waals surface area contributed by atoms with E-state index in [0.717, 1.165) is 42.3 Å². The summed E-state index contributed by atoms with van der Waals surface area (Å²) in [7, 11) is 0. The summed E-state index contributed by atoms with van der Waals surface area (Å²) in [6.07, 6.45) is 5.48. The predicted octanol–water partition coefficient (Wildman–Crippen LogP) is 2.36. The number of morpholine rings is 1. The molecular formula is C18H22N4O2S. The number of rotatable bonds is 2. The summed E-state index contributed by atoms with van der Waals surface area (Å²) in [5.74, 6) is 0.907. The van der Waals surface area contributed by atoms with E-state index in [2.05, 4.69) is 14.9 Å². The molecule has 25 heavy (non-hydrogen) atoms. The fourth-order valence-corrected chi connectivity index (χ4v) is 4.23. The molecule has 2 saturated heterocycles. The molecule has 0 radical (unpaired) electrons. The van der Waals surface area contributed by atoms with E-state index >= 15 is 0 Å². The van der Waals surface area contributed by atoms with Crippen LogP contribution in [0.2, 0.25) is 0 Å². The molecule has 7 heteroatoms. The zero-order chi connectivity index (χ0) is 17.3. The number of piperidine rings is 1. The summed E-state index contributed by atoms with van der Waals surface area (Å²) < 4.78 is 6.15. The van der Waals surface area contributed by atoms with Gasteiger partial charge in [-0.3, -0.25) is 4.79 Å². The quantitative estimate of drug-likeness (QED) is 0.825. The summed E-state index contributed by atoms with van der Waals surface area (Å²) in [6.45, 7) is 5.64. The van der Waals surface area contributed by atoms with Gasteiger partial charge in [-0.05, 0) is 36.8 Å². The highest BCUT2D eigenvalue weighted by Gasteiger charge is 2.41. The van der Waals surface area contributed by atoms with Crippen LogP contribution in [0.25, 0.3) is 0 Å². The Morgan fingerprint density at radius 2 is 2.00 bits per heavy atom. The van der Waals surface area contributed by atoms with Gasteiger partial charge in [-0.2, -0.15) is 0 Å².